The monoisotopic (exact) mass is 482 g/mol. The number of nitrogens with one attached hydrogen (secondary N) is 1. The van der Waals surface area contributed by atoms with Crippen LogP contribution in [0.4, 0.5) is 4.79 Å². The maximum absolute atomic E-state index is 12.7. The molecule has 2 aromatic rings. The first kappa shape index (κ1) is 24.9. The van der Waals surface area contributed by atoms with Crippen LogP contribution in [-0.2, 0) is 9.59 Å². The summed E-state index contributed by atoms with van der Waals surface area (Å²) in [5, 5.41) is 2.31. The SMILES string of the molecule is CCOc1ccc(C=C2SC(=O)N(CCNC(=O)C=Cc3cccc(OC)c3)C2=O)cc1OC. The van der Waals surface area contributed by atoms with E-state index in [4.69, 9.17) is 14.2 Å². The van der Waals surface area contributed by atoms with Gasteiger partial charge in [-0.25, -0.2) is 0 Å². The van der Waals surface area contributed by atoms with E-state index in [1.54, 1.807) is 43.5 Å². The summed E-state index contributed by atoms with van der Waals surface area (Å²) in [6, 6.07) is 12.6. The van der Waals surface area contributed by atoms with Gasteiger partial charge in [-0.15, -0.1) is 0 Å². The molecule has 1 fully saturated rings. The summed E-state index contributed by atoms with van der Waals surface area (Å²) in [6.07, 6.45) is 4.69. The summed E-state index contributed by atoms with van der Waals surface area (Å²) >= 11 is 0.862. The first-order chi connectivity index (χ1) is 16.4. The molecule has 0 aromatic heterocycles. The van der Waals surface area contributed by atoms with E-state index in [0.29, 0.717) is 34.3 Å². The second-order valence-electron chi connectivity index (χ2n) is 7.08. The van der Waals surface area contributed by atoms with Crippen molar-refractivity contribution in [1.29, 1.82) is 0 Å². The summed E-state index contributed by atoms with van der Waals surface area (Å²) in [5.74, 6) is 1.11. The van der Waals surface area contributed by atoms with Crippen LogP contribution in [0.3, 0.4) is 0 Å². The molecule has 2 aromatic carbocycles. The Morgan fingerprint density at radius 3 is 2.62 bits per heavy atom. The molecule has 1 aliphatic rings. The van der Waals surface area contributed by atoms with Gasteiger partial charge in [-0.1, -0.05) is 18.2 Å². The average Bonchev–Trinajstić information content (AvgIpc) is 3.11. The van der Waals surface area contributed by atoms with Crippen molar-refractivity contribution in [2.24, 2.45) is 0 Å². The number of benzene rings is 2. The third-order valence-corrected chi connectivity index (χ3v) is 5.72. The van der Waals surface area contributed by atoms with E-state index in [2.05, 4.69) is 5.32 Å². The highest BCUT2D eigenvalue weighted by atomic mass is 32.2. The first-order valence-corrected chi connectivity index (χ1v) is 11.4. The van der Waals surface area contributed by atoms with E-state index in [1.807, 2.05) is 25.1 Å². The minimum Gasteiger partial charge on any atom is -0.497 e. The van der Waals surface area contributed by atoms with Crippen molar-refractivity contribution in [3.8, 4) is 17.2 Å². The summed E-state index contributed by atoms with van der Waals surface area (Å²) < 4.78 is 16.0. The Bertz CT molecular complexity index is 1130. The molecule has 3 amide bonds. The summed E-state index contributed by atoms with van der Waals surface area (Å²) in [4.78, 5) is 38.6. The van der Waals surface area contributed by atoms with Crippen LogP contribution >= 0.6 is 11.8 Å². The molecule has 8 nitrogen and oxygen atoms in total. The second-order valence-corrected chi connectivity index (χ2v) is 8.07. The number of amides is 3. The number of carbonyl (C=O) groups excluding carboxylic acids is 3. The van der Waals surface area contributed by atoms with Gasteiger partial charge in [0.2, 0.25) is 5.91 Å². The lowest BCUT2D eigenvalue weighted by Crippen LogP contribution is -2.36. The molecule has 1 aliphatic heterocycles. The van der Waals surface area contributed by atoms with E-state index in [-0.39, 0.29) is 24.2 Å². The molecule has 0 aliphatic carbocycles. The smallest absolute Gasteiger partial charge is 0.293 e. The van der Waals surface area contributed by atoms with Gasteiger partial charge in [-0.3, -0.25) is 19.3 Å². The zero-order valence-corrected chi connectivity index (χ0v) is 20.0. The van der Waals surface area contributed by atoms with Crippen LogP contribution in [0.5, 0.6) is 17.2 Å². The Labute approximate surface area is 202 Å². The minimum atomic E-state index is -0.399. The van der Waals surface area contributed by atoms with Crippen molar-refractivity contribution < 1.29 is 28.6 Å². The molecule has 0 radical (unpaired) electrons. The molecule has 9 heteroatoms. The van der Waals surface area contributed by atoms with Crippen LogP contribution < -0.4 is 19.5 Å². The quantitative estimate of drug-likeness (QED) is 0.512. The lowest BCUT2D eigenvalue weighted by Gasteiger charge is -2.12. The van der Waals surface area contributed by atoms with Crippen molar-refractivity contribution in [1.82, 2.24) is 10.2 Å². The van der Waals surface area contributed by atoms with Gasteiger partial charge in [0.1, 0.15) is 5.75 Å². The molecule has 3 rings (SSSR count). The molecule has 178 valence electrons. The third kappa shape index (κ3) is 6.41. The fourth-order valence-corrected chi connectivity index (χ4v) is 4.02. The van der Waals surface area contributed by atoms with Crippen molar-refractivity contribution >= 4 is 41.0 Å². The van der Waals surface area contributed by atoms with Crippen LogP contribution in [0.15, 0.2) is 53.4 Å². The Hall–Kier alpha value is -3.72. The van der Waals surface area contributed by atoms with Crippen molar-refractivity contribution in [2.45, 2.75) is 6.92 Å². The highest BCUT2D eigenvalue weighted by molar-refractivity contribution is 8.18. The van der Waals surface area contributed by atoms with Crippen LogP contribution in [0, 0.1) is 0 Å². The van der Waals surface area contributed by atoms with E-state index < -0.39 is 5.91 Å². The summed E-state index contributed by atoms with van der Waals surface area (Å²) in [6.45, 7) is 2.60. The standard InChI is InChI=1S/C25H26N2O6S/c1-4-33-20-10-8-18(15-21(20)32-3)16-22-24(29)27(25(30)34-22)13-12-26-23(28)11-9-17-6-5-7-19(14-17)31-2/h5-11,14-16H,4,12-13H2,1-3H3,(H,26,28). The van der Waals surface area contributed by atoms with Crippen LogP contribution in [0.1, 0.15) is 18.1 Å². The van der Waals surface area contributed by atoms with E-state index >= 15 is 0 Å². The van der Waals surface area contributed by atoms with Crippen LogP contribution in [0.25, 0.3) is 12.2 Å². The molecule has 0 bridgehead atoms. The summed E-state index contributed by atoms with van der Waals surface area (Å²) in [7, 11) is 3.11. The largest absolute Gasteiger partial charge is 0.497 e. The zero-order chi connectivity index (χ0) is 24.5. The molecule has 0 unspecified atom stereocenters. The number of imide groups is 1. The van der Waals surface area contributed by atoms with Crippen molar-refractivity contribution in [2.75, 3.05) is 33.9 Å². The Kier molecular flexibility index (Phi) is 8.75. The second kappa shape index (κ2) is 11.9. The predicted octanol–water partition coefficient (Wildman–Crippen LogP) is 3.97. The molecule has 0 saturated carbocycles. The number of thioether (sulfide) groups is 1. The maximum Gasteiger partial charge on any atom is 0.293 e. The normalized spacial score (nSPS) is 14.7. The number of carbonyl (C=O) groups is 3. The minimum absolute atomic E-state index is 0.0767. The van der Waals surface area contributed by atoms with Gasteiger partial charge in [0.05, 0.1) is 25.7 Å². The molecular weight excluding hydrogens is 456 g/mol. The summed E-state index contributed by atoms with van der Waals surface area (Å²) in [5.41, 5.74) is 1.53. The lowest BCUT2D eigenvalue weighted by molar-refractivity contribution is -0.123. The Morgan fingerprint density at radius 2 is 1.88 bits per heavy atom. The van der Waals surface area contributed by atoms with Gasteiger partial charge >= 0.3 is 0 Å². The highest BCUT2D eigenvalue weighted by Crippen LogP contribution is 2.34. The predicted molar refractivity (Wildman–Crippen MR) is 132 cm³/mol. The van der Waals surface area contributed by atoms with Crippen molar-refractivity contribution in [3.05, 3.63) is 64.6 Å². The molecule has 0 atom stereocenters. The molecule has 1 N–H and O–H groups in total. The van der Waals surface area contributed by atoms with E-state index in [0.717, 1.165) is 22.2 Å². The van der Waals surface area contributed by atoms with Gasteiger partial charge < -0.3 is 19.5 Å². The fraction of sp³-hybridized carbons (Fsp3) is 0.240. The fourth-order valence-electron chi connectivity index (χ4n) is 3.16. The van der Waals surface area contributed by atoms with E-state index in [1.165, 1.54) is 13.2 Å². The van der Waals surface area contributed by atoms with E-state index in [9.17, 15) is 14.4 Å². The first-order valence-electron chi connectivity index (χ1n) is 10.6. The van der Waals surface area contributed by atoms with Gasteiger partial charge in [0.25, 0.3) is 11.1 Å². The van der Waals surface area contributed by atoms with Crippen molar-refractivity contribution in [3.63, 3.8) is 0 Å². The number of ether oxygens (including phenoxy) is 3. The Balaban J connectivity index is 1.56. The van der Waals surface area contributed by atoms with Crippen LogP contribution in [0.2, 0.25) is 0 Å². The lowest BCUT2D eigenvalue weighted by atomic mass is 10.2. The van der Waals surface area contributed by atoms with Gasteiger partial charge in [0.15, 0.2) is 11.5 Å². The topological polar surface area (TPSA) is 94.2 Å². The van der Waals surface area contributed by atoms with Gasteiger partial charge in [-0.05, 0) is 66.2 Å². The van der Waals surface area contributed by atoms with Gasteiger partial charge in [0, 0.05) is 19.2 Å². The Morgan fingerprint density at radius 1 is 1.06 bits per heavy atom. The average molecular weight is 483 g/mol. The number of rotatable bonds is 10. The molecule has 34 heavy (non-hydrogen) atoms. The number of nitrogens with zero attached hydrogens (tertiary/aromatic N) is 1. The van der Waals surface area contributed by atoms with Crippen LogP contribution in [-0.4, -0.2) is 55.9 Å². The number of hydrogen-bond donors (Lipinski definition) is 1. The molecular formula is C25H26N2O6S. The number of hydrogen-bond acceptors (Lipinski definition) is 7. The third-order valence-electron chi connectivity index (χ3n) is 4.81. The molecule has 0 spiro atoms. The molecule has 1 saturated heterocycles. The zero-order valence-electron chi connectivity index (χ0n) is 19.2. The maximum atomic E-state index is 12.7. The highest BCUT2D eigenvalue weighted by Gasteiger charge is 2.34. The number of methoxy groups -OCH3 is 2. The van der Waals surface area contributed by atoms with Gasteiger partial charge in [-0.2, -0.15) is 0 Å². The molecule has 1 heterocycles.